The van der Waals surface area contributed by atoms with Crippen LogP contribution in [-0.4, -0.2) is 29.9 Å². The van der Waals surface area contributed by atoms with Crippen LogP contribution in [0.4, 0.5) is 5.69 Å². The van der Waals surface area contributed by atoms with Gasteiger partial charge in [0.05, 0.1) is 24.2 Å². The molecular weight excluding hydrogens is 238 g/mol. The van der Waals surface area contributed by atoms with Crippen LogP contribution in [0.2, 0.25) is 0 Å². The average Bonchev–Trinajstić information content (AvgIpc) is 2.36. The van der Waals surface area contributed by atoms with Crippen molar-refractivity contribution in [3.63, 3.8) is 0 Å². The highest BCUT2D eigenvalue weighted by molar-refractivity contribution is 5.50. The van der Waals surface area contributed by atoms with E-state index in [1.165, 1.54) is 12.1 Å². The molecule has 0 saturated carbocycles. The zero-order chi connectivity index (χ0) is 13.4. The third kappa shape index (κ3) is 4.21. The smallest absolute Gasteiger partial charge is 0.314 e. The summed E-state index contributed by atoms with van der Waals surface area (Å²) in [7, 11) is 0. The van der Waals surface area contributed by atoms with Gasteiger partial charge in [0, 0.05) is 6.61 Å². The lowest BCUT2D eigenvalue weighted by atomic mass is 10.2. The monoisotopic (exact) mass is 255 g/mol. The van der Waals surface area contributed by atoms with Gasteiger partial charge < -0.3 is 14.6 Å². The van der Waals surface area contributed by atoms with Crippen molar-refractivity contribution in [2.45, 2.75) is 19.8 Å². The number of hydrogen-bond acceptors (Lipinski definition) is 5. The Labute approximate surface area is 105 Å². The van der Waals surface area contributed by atoms with Gasteiger partial charge in [-0.2, -0.15) is 0 Å². The number of nitro benzene ring substituents is 1. The van der Waals surface area contributed by atoms with Gasteiger partial charge in [0.25, 0.3) is 0 Å². The minimum atomic E-state index is -0.496. The molecule has 0 aliphatic carbocycles. The molecule has 1 aromatic carbocycles. The minimum Gasteiger partial charge on any atom is -0.494 e. The average molecular weight is 255 g/mol. The topological polar surface area (TPSA) is 81.8 Å². The van der Waals surface area contributed by atoms with Crippen LogP contribution in [0.1, 0.15) is 19.8 Å². The fraction of sp³-hybridized carbons (Fsp3) is 0.500. The van der Waals surface area contributed by atoms with Crippen LogP contribution in [-0.2, 0) is 0 Å². The van der Waals surface area contributed by atoms with Crippen LogP contribution < -0.4 is 9.47 Å². The second-order valence-electron chi connectivity index (χ2n) is 3.60. The van der Waals surface area contributed by atoms with Crippen molar-refractivity contribution >= 4 is 5.69 Å². The van der Waals surface area contributed by atoms with E-state index < -0.39 is 4.92 Å². The molecule has 0 amide bonds. The normalized spacial score (nSPS) is 10.1. The Morgan fingerprint density at radius 2 is 2.11 bits per heavy atom. The molecule has 0 heterocycles. The van der Waals surface area contributed by atoms with Crippen LogP contribution >= 0.6 is 0 Å². The summed E-state index contributed by atoms with van der Waals surface area (Å²) in [4.78, 5) is 10.4. The Morgan fingerprint density at radius 3 is 2.72 bits per heavy atom. The zero-order valence-corrected chi connectivity index (χ0v) is 10.3. The number of unbranched alkanes of at least 4 members (excludes halogenated alkanes) is 1. The quantitative estimate of drug-likeness (QED) is 0.437. The van der Waals surface area contributed by atoms with E-state index in [0.29, 0.717) is 31.8 Å². The fourth-order valence-corrected chi connectivity index (χ4v) is 1.41. The van der Waals surface area contributed by atoms with E-state index in [2.05, 4.69) is 0 Å². The molecule has 0 saturated heterocycles. The summed E-state index contributed by atoms with van der Waals surface area (Å²) >= 11 is 0. The van der Waals surface area contributed by atoms with E-state index in [1.807, 2.05) is 6.92 Å². The van der Waals surface area contributed by atoms with Crippen LogP contribution in [0.3, 0.4) is 0 Å². The van der Waals surface area contributed by atoms with E-state index >= 15 is 0 Å². The number of aliphatic hydroxyl groups excluding tert-OH is 1. The molecule has 0 fully saturated rings. The standard InChI is InChI=1S/C12H17NO5/c1-2-17-10-5-6-12(11(9-10)13(15)16)18-8-4-3-7-14/h5-6,9,14H,2-4,7-8H2,1H3. The number of ether oxygens (including phenoxy) is 2. The molecule has 0 aromatic heterocycles. The summed E-state index contributed by atoms with van der Waals surface area (Å²) in [6, 6.07) is 4.52. The third-order valence-corrected chi connectivity index (χ3v) is 2.25. The lowest BCUT2D eigenvalue weighted by molar-refractivity contribution is -0.385. The van der Waals surface area contributed by atoms with Crippen molar-refractivity contribution in [1.82, 2.24) is 0 Å². The number of aliphatic hydroxyl groups is 1. The number of benzene rings is 1. The van der Waals surface area contributed by atoms with Crippen LogP contribution in [0.15, 0.2) is 18.2 Å². The van der Waals surface area contributed by atoms with Crippen molar-refractivity contribution in [1.29, 1.82) is 0 Å². The molecule has 0 unspecified atom stereocenters. The zero-order valence-electron chi connectivity index (χ0n) is 10.3. The summed E-state index contributed by atoms with van der Waals surface area (Å²) in [5.41, 5.74) is -0.107. The van der Waals surface area contributed by atoms with Gasteiger partial charge >= 0.3 is 5.69 Å². The maximum absolute atomic E-state index is 10.9. The van der Waals surface area contributed by atoms with Gasteiger partial charge in [-0.15, -0.1) is 0 Å². The van der Waals surface area contributed by atoms with Gasteiger partial charge in [-0.25, -0.2) is 0 Å². The van der Waals surface area contributed by atoms with Gasteiger partial charge in [0.15, 0.2) is 5.75 Å². The van der Waals surface area contributed by atoms with Crippen molar-refractivity contribution < 1.29 is 19.5 Å². The molecule has 0 bridgehead atoms. The number of hydrogen-bond donors (Lipinski definition) is 1. The van der Waals surface area contributed by atoms with Gasteiger partial charge in [-0.3, -0.25) is 10.1 Å². The molecule has 0 atom stereocenters. The lowest BCUT2D eigenvalue weighted by Crippen LogP contribution is -2.02. The van der Waals surface area contributed by atoms with Gasteiger partial charge in [-0.1, -0.05) is 0 Å². The highest BCUT2D eigenvalue weighted by Crippen LogP contribution is 2.31. The van der Waals surface area contributed by atoms with E-state index in [-0.39, 0.29) is 18.0 Å². The van der Waals surface area contributed by atoms with Crippen molar-refractivity contribution in [3.05, 3.63) is 28.3 Å². The minimum absolute atomic E-state index is 0.0920. The van der Waals surface area contributed by atoms with Crippen molar-refractivity contribution in [3.8, 4) is 11.5 Å². The van der Waals surface area contributed by atoms with Crippen molar-refractivity contribution in [2.24, 2.45) is 0 Å². The van der Waals surface area contributed by atoms with Gasteiger partial charge in [0.2, 0.25) is 0 Å². The van der Waals surface area contributed by atoms with Crippen LogP contribution in [0.25, 0.3) is 0 Å². The molecule has 100 valence electrons. The summed E-state index contributed by atoms with van der Waals surface area (Å²) < 4.78 is 10.5. The molecule has 18 heavy (non-hydrogen) atoms. The first-order valence-electron chi connectivity index (χ1n) is 5.84. The van der Waals surface area contributed by atoms with E-state index in [1.54, 1.807) is 6.07 Å². The lowest BCUT2D eigenvalue weighted by Gasteiger charge is -2.08. The van der Waals surface area contributed by atoms with Gasteiger partial charge in [0.1, 0.15) is 5.75 Å². The molecular formula is C12H17NO5. The van der Waals surface area contributed by atoms with Crippen molar-refractivity contribution in [2.75, 3.05) is 19.8 Å². The second kappa shape index (κ2) is 7.50. The number of nitro groups is 1. The summed E-state index contributed by atoms with van der Waals surface area (Å²) in [6.45, 7) is 2.70. The molecule has 6 heteroatoms. The fourth-order valence-electron chi connectivity index (χ4n) is 1.41. The Balaban J connectivity index is 2.73. The molecule has 1 N–H and O–H groups in total. The molecule has 0 spiro atoms. The highest BCUT2D eigenvalue weighted by Gasteiger charge is 2.16. The Bertz CT molecular complexity index is 394. The van der Waals surface area contributed by atoms with Crippen LogP contribution in [0, 0.1) is 10.1 Å². The first kappa shape index (κ1) is 14.2. The maximum atomic E-state index is 10.9. The molecule has 6 nitrogen and oxygen atoms in total. The SMILES string of the molecule is CCOc1ccc(OCCCCO)c([N+](=O)[O-])c1. The summed E-state index contributed by atoms with van der Waals surface area (Å²) in [5, 5.41) is 19.5. The summed E-state index contributed by atoms with van der Waals surface area (Å²) in [6.07, 6.45) is 1.27. The van der Waals surface area contributed by atoms with E-state index in [0.717, 1.165) is 0 Å². The van der Waals surface area contributed by atoms with E-state index in [4.69, 9.17) is 14.6 Å². The predicted octanol–water partition coefficient (Wildman–Crippen LogP) is 2.14. The Morgan fingerprint density at radius 1 is 1.33 bits per heavy atom. The molecule has 0 aliphatic heterocycles. The molecule has 1 aromatic rings. The first-order chi connectivity index (χ1) is 8.69. The van der Waals surface area contributed by atoms with Crippen LogP contribution in [0.5, 0.6) is 11.5 Å². The highest BCUT2D eigenvalue weighted by atomic mass is 16.6. The molecule has 0 aliphatic rings. The third-order valence-electron chi connectivity index (χ3n) is 2.25. The largest absolute Gasteiger partial charge is 0.494 e. The second-order valence-corrected chi connectivity index (χ2v) is 3.60. The summed E-state index contributed by atoms with van der Waals surface area (Å²) in [5.74, 6) is 0.674. The molecule has 1 rings (SSSR count). The maximum Gasteiger partial charge on any atom is 0.314 e. The van der Waals surface area contributed by atoms with Gasteiger partial charge in [-0.05, 0) is 31.9 Å². The van der Waals surface area contributed by atoms with E-state index in [9.17, 15) is 10.1 Å². The number of rotatable bonds is 8. The Kier molecular flexibility index (Phi) is 5.93. The molecule has 0 radical (unpaired) electrons. The first-order valence-corrected chi connectivity index (χ1v) is 5.84. The Hall–Kier alpha value is -1.82. The predicted molar refractivity (Wildman–Crippen MR) is 66.1 cm³/mol. The number of nitrogens with zero attached hydrogens (tertiary/aromatic N) is 1.